The van der Waals surface area contributed by atoms with Gasteiger partial charge in [0.05, 0.1) is 31.2 Å². The lowest BCUT2D eigenvalue weighted by atomic mass is 9.85. The lowest BCUT2D eigenvalue weighted by Crippen LogP contribution is -2.50. The Labute approximate surface area is 135 Å². The molecule has 2 atom stereocenters. The zero-order valence-electron chi connectivity index (χ0n) is 13.3. The molecule has 0 saturated carbocycles. The zero-order valence-corrected chi connectivity index (χ0v) is 13.3. The molecule has 23 heavy (non-hydrogen) atoms. The van der Waals surface area contributed by atoms with Gasteiger partial charge in [0.1, 0.15) is 0 Å². The monoisotopic (exact) mass is 315 g/mol. The number of piperidine rings is 1. The molecule has 0 aromatic carbocycles. The molecule has 2 saturated heterocycles. The summed E-state index contributed by atoms with van der Waals surface area (Å²) in [6.07, 6.45) is 8.43. The van der Waals surface area contributed by atoms with Crippen LogP contribution in [0.5, 0.6) is 0 Å². The Morgan fingerprint density at radius 1 is 1.48 bits per heavy atom. The number of aryl methyl sites for hydroxylation is 1. The molecule has 0 aliphatic carbocycles. The first-order valence-corrected chi connectivity index (χ1v) is 8.10. The zero-order chi connectivity index (χ0) is 15.9. The first-order chi connectivity index (χ1) is 11.2. The molecule has 2 aliphatic heterocycles. The van der Waals surface area contributed by atoms with Crippen LogP contribution < -0.4 is 0 Å². The maximum Gasteiger partial charge on any atom is 0.289 e. The second-order valence-electron chi connectivity index (χ2n) is 6.65. The maximum atomic E-state index is 12.5. The number of nitrogens with zero attached hydrogens (tertiary/aromatic N) is 3. The van der Waals surface area contributed by atoms with E-state index in [0.717, 1.165) is 25.8 Å². The van der Waals surface area contributed by atoms with E-state index in [4.69, 9.17) is 9.15 Å². The van der Waals surface area contributed by atoms with Gasteiger partial charge in [0, 0.05) is 25.7 Å². The summed E-state index contributed by atoms with van der Waals surface area (Å²) in [5.74, 6) is 0.730. The van der Waals surface area contributed by atoms with Crippen molar-refractivity contribution in [1.82, 2.24) is 14.7 Å². The molecule has 4 rings (SSSR count). The number of aromatic nitrogens is 2. The van der Waals surface area contributed by atoms with Crippen LogP contribution in [0.2, 0.25) is 0 Å². The van der Waals surface area contributed by atoms with Gasteiger partial charge in [-0.25, -0.2) is 0 Å². The molecule has 2 fully saturated rings. The molecular formula is C17H21N3O3. The van der Waals surface area contributed by atoms with Crippen molar-refractivity contribution in [2.75, 3.05) is 19.7 Å². The van der Waals surface area contributed by atoms with E-state index in [2.05, 4.69) is 11.3 Å². The molecule has 2 aromatic rings. The Morgan fingerprint density at radius 3 is 3.13 bits per heavy atom. The summed E-state index contributed by atoms with van der Waals surface area (Å²) in [4.78, 5) is 14.4. The van der Waals surface area contributed by atoms with Crippen LogP contribution in [0.4, 0.5) is 0 Å². The summed E-state index contributed by atoms with van der Waals surface area (Å²) in [5.41, 5.74) is 1.000. The van der Waals surface area contributed by atoms with Crippen molar-refractivity contribution in [1.29, 1.82) is 0 Å². The van der Waals surface area contributed by atoms with Gasteiger partial charge in [0.2, 0.25) is 0 Å². The Morgan fingerprint density at radius 2 is 2.39 bits per heavy atom. The fourth-order valence-corrected chi connectivity index (χ4v) is 3.82. The van der Waals surface area contributed by atoms with Crippen molar-refractivity contribution in [3.05, 3.63) is 42.1 Å². The third-order valence-corrected chi connectivity index (χ3v) is 4.96. The van der Waals surface area contributed by atoms with Crippen LogP contribution in [0.3, 0.4) is 0 Å². The first-order valence-electron chi connectivity index (χ1n) is 8.10. The van der Waals surface area contributed by atoms with Crippen LogP contribution in [0.25, 0.3) is 0 Å². The topological polar surface area (TPSA) is 60.5 Å². The minimum Gasteiger partial charge on any atom is -0.459 e. The van der Waals surface area contributed by atoms with Gasteiger partial charge in [-0.15, -0.1) is 0 Å². The minimum absolute atomic E-state index is 0.0393. The van der Waals surface area contributed by atoms with Crippen LogP contribution in [0, 0.1) is 0 Å². The summed E-state index contributed by atoms with van der Waals surface area (Å²) in [6, 6.07) is 3.47. The Balaban J connectivity index is 1.48. The smallest absolute Gasteiger partial charge is 0.289 e. The minimum atomic E-state index is -0.221. The SMILES string of the molecule is Cn1cc([C@H]2CO[C@@]3(CCCN(C(=O)c4ccco4)C3)C2)cn1. The Kier molecular flexibility index (Phi) is 3.49. The van der Waals surface area contributed by atoms with E-state index in [1.165, 1.54) is 11.8 Å². The van der Waals surface area contributed by atoms with Gasteiger partial charge >= 0.3 is 0 Å². The number of likely N-dealkylation sites (tertiary alicyclic amines) is 1. The largest absolute Gasteiger partial charge is 0.459 e. The van der Waals surface area contributed by atoms with Gasteiger partial charge in [-0.05, 0) is 37.0 Å². The number of furan rings is 1. The summed E-state index contributed by atoms with van der Waals surface area (Å²) in [5, 5.41) is 4.26. The number of ether oxygens (including phenoxy) is 1. The highest BCUT2D eigenvalue weighted by atomic mass is 16.5. The van der Waals surface area contributed by atoms with Crippen LogP contribution in [-0.2, 0) is 11.8 Å². The highest BCUT2D eigenvalue weighted by Gasteiger charge is 2.45. The molecule has 2 aliphatic rings. The second kappa shape index (κ2) is 5.53. The lowest BCUT2D eigenvalue weighted by molar-refractivity contribution is -0.0453. The molecule has 2 aromatic heterocycles. The number of hydrogen-bond acceptors (Lipinski definition) is 4. The van der Waals surface area contributed by atoms with E-state index in [1.807, 2.05) is 22.8 Å². The first kappa shape index (κ1) is 14.5. The predicted molar refractivity (Wildman–Crippen MR) is 83.1 cm³/mol. The molecule has 0 bridgehead atoms. The summed E-state index contributed by atoms with van der Waals surface area (Å²) < 4.78 is 13.3. The molecule has 4 heterocycles. The van der Waals surface area contributed by atoms with Crippen molar-refractivity contribution < 1.29 is 13.9 Å². The number of amides is 1. The molecular weight excluding hydrogens is 294 g/mol. The van der Waals surface area contributed by atoms with Crippen molar-refractivity contribution in [3.63, 3.8) is 0 Å². The van der Waals surface area contributed by atoms with E-state index in [0.29, 0.717) is 24.8 Å². The van der Waals surface area contributed by atoms with Crippen LogP contribution in [0.15, 0.2) is 35.2 Å². The quantitative estimate of drug-likeness (QED) is 0.852. The summed E-state index contributed by atoms with van der Waals surface area (Å²) in [6.45, 7) is 2.11. The number of rotatable bonds is 2. The number of carbonyl (C=O) groups is 1. The molecule has 6 heteroatoms. The average molecular weight is 315 g/mol. The van der Waals surface area contributed by atoms with Crippen LogP contribution in [-0.4, -0.2) is 45.9 Å². The van der Waals surface area contributed by atoms with Crippen molar-refractivity contribution in [3.8, 4) is 0 Å². The van der Waals surface area contributed by atoms with Crippen LogP contribution in [0.1, 0.15) is 41.3 Å². The van der Waals surface area contributed by atoms with Crippen molar-refractivity contribution >= 4 is 5.91 Å². The predicted octanol–water partition coefficient (Wildman–Crippen LogP) is 2.19. The van der Waals surface area contributed by atoms with Gasteiger partial charge in [-0.1, -0.05) is 0 Å². The van der Waals surface area contributed by atoms with E-state index in [9.17, 15) is 4.79 Å². The number of carbonyl (C=O) groups excluding carboxylic acids is 1. The second-order valence-corrected chi connectivity index (χ2v) is 6.65. The van der Waals surface area contributed by atoms with Gasteiger partial charge < -0.3 is 14.1 Å². The van der Waals surface area contributed by atoms with Crippen LogP contribution >= 0.6 is 0 Å². The van der Waals surface area contributed by atoms with Gasteiger partial charge in [0.15, 0.2) is 5.76 Å². The summed E-state index contributed by atoms with van der Waals surface area (Å²) >= 11 is 0. The third-order valence-electron chi connectivity index (χ3n) is 4.96. The normalized spacial score (nSPS) is 27.7. The van der Waals surface area contributed by atoms with Gasteiger partial charge in [-0.3, -0.25) is 9.48 Å². The molecule has 6 nitrogen and oxygen atoms in total. The molecule has 1 amide bonds. The van der Waals surface area contributed by atoms with Gasteiger partial charge in [0.25, 0.3) is 5.91 Å². The highest BCUT2D eigenvalue weighted by Crippen LogP contribution is 2.41. The van der Waals surface area contributed by atoms with Crippen molar-refractivity contribution in [2.45, 2.75) is 30.8 Å². The van der Waals surface area contributed by atoms with E-state index >= 15 is 0 Å². The Bertz CT molecular complexity index is 694. The maximum absolute atomic E-state index is 12.5. The summed E-state index contributed by atoms with van der Waals surface area (Å²) in [7, 11) is 1.93. The molecule has 122 valence electrons. The average Bonchev–Trinajstić information content (AvgIpc) is 3.28. The standard InChI is InChI=1S/C17H21N3O3/c1-19-10-14(9-18-19)13-8-17(23-11-13)5-3-6-20(12-17)16(21)15-4-2-7-22-15/h2,4,7,9-10,13H,3,5-6,8,11-12H2,1H3/t13-,17+/m1/s1. The fourth-order valence-electron chi connectivity index (χ4n) is 3.82. The third kappa shape index (κ3) is 2.67. The lowest BCUT2D eigenvalue weighted by Gasteiger charge is -2.39. The molecule has 0 unspecified atom stereocenters. The van der Waals surface area contributed by atoms with Gasteiger partial charge in [-0.2, -0.15) is 5.10 Å². The highest BCUT2D eigenvalue weighted by molar-refractivity contribution is 5.91. The fraction of sp³-hybridized carbons (Fsp3) is 0.529. The number of hydrogen-bond donors (Lipinski definition) is 0. The van der Waals surface area contributed by atoms with E-state index < -0.39 is 0 Å². The molecule has 0 radical (unpaired) electrons. The van der Waals surface area contributed by atoms with E-state index in [-0.39, 0.29) is 11.5 Å². The molecule has 0 N–H and O–H groups in total. The van der Waals surface area contributed by atoms with E-state index in [1.54, 1.807) is 12.1 Å². The van der Waals surface area contributed by atoms with Crippen molar-refractivity contribution in [2.24, 2.45) is 7.05 Å². The Hall–Kier alpha value is -2.08. The molecule has 1 spiro atoms.